The summed E-state index contributed by atoms with van der Waals surface area (Å²) < 4.78 is 41.5. The molecule has 2 atom stereocenters. The van der Waals surface area contributed by atoms with Gasteiger partial charge in [-0.05, 0) is 60.3 Å². The molecule has 2 aromatic carbocycles. The summed E-state index contributed by atoms with van der Waals surface area (Å²) in [7, 11) is 0. The number of aldehydes is 1. The maximum Gasteiger partial charge on any atom is 0.220 e. The smallest absolute Gasteiger partial charge is 0.220 e. The van der Waals surface area contributed by atoms with Gasteiger partial charge in [-0.2, -0.15) is 0 Å². The molecule has 0 saturated heterocycles. The van der Waals surface area contributed by atoms with Gasteiger partial charge in [0.25, 0.3) is 0 Å². The lowest BCUT2D eigenvalue weighted by Crippen LogP contribution is -2.43. The Morgan fingerprint density at radius 1 is 1.17 bits per heavy atom. The predicted octanol–water partition coefficient (Wildman–Crippen LogP) is 3.46. The van der Waals surface area contributed by atoms with Crippen molar-refractivity contribution in [1.82, 2.24) is 10.3 Å². The third-order valence-electron chi connectivity index (χ3n) is 5.13. The highest BCUT2D eigenvalue weighted by Gasteiger charge is 2.20. The van der Waals surface area contributed by atoms with Crippen molar-refractivity contribution >= 4 is 23.1 Å². The molecule has 1 heterocycles. The number of aryl methyl sites for hydroxylation is 1. The van der Waals surface area contributed by atoms with Crippen molar-refractivity contribution < 1.29 is 22.8 Å². The molecule has 0 fully saturated rings. The van der Waals surface area contributed by atoms with E-state index in [1.165, 1.54) is 30.3 Å². The van der Waals surface area contributed by atoms with E-state index in [2.05, 4.69) is 10.3 Å². The molecule has 0 aliphatic rings. The van der Waals surface area contributed by atoms with Gasteiger partial charge >= 0.3 is 0 Å². The van der Waals surface area contributed by atoms with E-state index in [0.717, 1.165) is 6.07 Å². The average molecular weight is 417 g/mol. The molecular weight excluding hydrogens is 395 g/mol. The minimum atomic E-state index is -0.762. The van der Waals surface area contributed by atoms with Gasteiger partial charge in [0.1, 0.15) is 23.7 Å². The van der Waals surface area contributed by atoms with Crippen LogP contribution in [0.4, 0.5) is 13.2 Å². The number of benzene rings is 2. The van der Waals surface area contributed by atoms with Crippen molar-refractivity contribution in [1.29, 1.82) is 0 Å². The molecule has 0 spiro atoms. The van der Waals surface area contributed by atoms with Crippen molar-refractivity contribution in [3.63, 3.8) is 0 Å². The lowest BCUT2D eigenvalue weighted by Gasteiger charge is -2.18. The Morgan fingerprint density at radius 3 is 2.50 bits per heavy atom. The second-order valence-electron chi connectivity index (χ2n) is 7.24. The molecule has 8 heteroatoms. The third-order valence-corrected chi connectivity index (χ3v) is 5.13. The molecule has 4 N–H and O–H groups in total. The van der Waals surface area contributed by atoms with Crippen LogP contribution in [-0.2, 0) is 16.0 Å². The van der Waals surface area contributed by atoms with Crippen LogP contribution < -0.4 is 11.1 Å². The first kappa shape index (κ1) is 21.6. The number of rotatable bonds is 8. The van der Waals surface area contributed by atoms with Crippen LogP contribution in [-0.4, -0.2) is 29.8 Å². The summed E-state index contributed by atoms with van der Waals surface area (Å²) in [5.74, 6) is -2.54. The van der Waals surface area contributed by atoms with Crippen molar-refractivity contribution in [3.05, 3.63) is 59.4 Å². The van der Waals surface area contributed by atoms with Crippen LogP contribution in [0.1, 0.15) is 18.9 Å². The van der Waals surface area contributed by atoms with E-state index in [9.17, 15) is 22.8 Å². The fraction of sp³-hybridized carbons (Fsp3) is 0.273. The molecule has 5 nitrogen and oxygen atoms in total. The van der Waals surface area contributed by atoms with Crippen molar-refractivity contribution in [3.8, 4) is 11.3 Å². The zero-order chi connectivity index (χ0) is 21.8. The van der Waals surface area contributed by atoms with E-state index in [1.807, 2.05) is 0 Å². The van der Waals surface area contributed by atoms with Crippen molar-refractivity contribution in [2.24, 2.45) is 11.7 Å². The highest BCUT2D eigenvalue weighted by atomic mass is 19.1. The fourth-order valence-corrected chi connectivity index (χ4v) is 3.35. The Balaban J connectivity index is 1.93. The standard InChI is InChI=1S/C22H22F3N3O2/c1-12(10-26)19(11-29)27-20(30)7-6-16-17-8-15(24)9-18(25)22(17)28-21(16)13-2-4-14(23)5-3-13/h2-5,8-9,11-12,19,28H,6-7,10,26H2,1H3,(H,27,30). The van der Waals surface area contributed by atoms with Gasteiger partial charge in [-0.3, -0.25) is 4.79 Å². The molecule has 0 saturated carbocycles. The van der Waals surface area contributed by atoms with Gasteiger partial charge in [-0.1, -0.05) is 6.92 Å². The number of halogens is 3. The maximum atomic E-state index is 14.3. The van der Waals surface area contributed by atoms with E-state index in [4.69, 9.17) is 5.73 Å². The molecule has 0 aliphatic heterocycles. The number of nitrogens with two attached hydrogens (primary N) is 1. The first-order chi connectivity index (χ1) is 14.3. The van der Waals surface area contributed by atoms with Crippen LogP contribution in [0, 0.1) is 23.4 Å². The SMILES string of the molecule is CC(CN)C(C=O)NC(=O)CCc1c(-c2ccc(F)cc2)[nH]c2c(F)cc(F)cc12. The number of H-pyrrole nitrogens is 1. The number of carbonyl (C=O) groups is 2. The average Bonchev–Trinajstić information content (AvgIpc) is 3.09. The first-order valence-electron chi connectivity index (χ1n) is 9.54. The van der Waals surface area contributed by atoms with Crippen LogP contribution >= 0.6 is 0 Å². The molecular formula is C22H22F3N3O2. The summed E-state index contributed by atoms with van der Waals surface area (Å²) in [6.45, 7) is 1.98. The van der Waals surface area contributed by atoms with E-state index in [0.29, 0.717) is 28.5 Å². The Kier molecular flexibility index (Phi) is 6.56. The van der Waals surface area contributed by atoms with Gasteiger partial charge < -0.3 is 20.8 Å². The maximum absolute atomic E-state index is 14.3. The van der Waals surface area contributed by atoms with Gasteiger partial charge in [0.05, 0.1) is 11.6 Å². The van der Waals surface area contributed by atoms with Crippen LogP contribution in [0.15, 0.2) is 36.4 Å². The van der Waals surface area contributed by atoms with Gasteiger partial charge in [-0.15, -0.1) is 0 Å². The highest BCUT2D eigenvalue weighted by molar-refractivity contribution is 5.92. The highest BCUT2D eigenvalue weighted by Crippen LogP contribution is 2.33. The van der Waals surface area contributed by atoms with Crippen LogP contribution in [0.5, 0.6) is 0 Å². The first-order valence-corrected chi connectivity index (χ1v) is 9.54. The molecule has 2 unspecified atom stereocenters. The second-order valence-corrected chi connectivity index (χ2v) is 7.24. The molecule has 0 radical (unpaired) electrons. The summed E-state index contributed by atoms with van der Waals surface area (Å²) >= 11 is 0. The lowest BCUT2D eigenvalue weighted by molar-refractivity contribution is -0.124. The molecule has 3 rings (SSSR count). The van der Waals surface area contributed by atoms with Gasteiger partial charge in [-0.25, -0.2) is 13.2 Å². The summed E-state index contributed by atoms with van der Waals surface area (Å²) in [5.41, 5.74) is 7.23. The Hall–Kier alpha value is -3.13. The van der Waals surface area contributed by atoms with Crippen molar-refractivity contribution in [2.45, 2.75) is 25.8 Å². The largest absolute Gasteiger partial charge is 0.352 e. The number of nitrogens with one attached hydrogen (secondary N) is 2. The second kappa shape index (κ2) is 9.13. The molecule has 0 bridgehead atoms. The number of aromatic amines is 1. The molecule has 30 heavy (non-hydrogen) atoms. The molecule has 1 amide bonds. The summed E-state index contributed by atoms with van der Waals surface area (Å²) in [5, 5.41) is 2.93. The van der Waals surface area contributed by atoms with Gasteiger partial charge in [0.15, 0.2) is 0 Å². The summed E-state index contributed by atoms with van der Waals surface area (Å²) in [6, 6.07) is 6.81. The number of fused-ring (bicyclic) bond motifs is 1. The van der Waals surface area contributed by atoms with Crippen LogP contribution in [0.3, 0.4) is 0 Å². The normalized spacial score (nSPS) is 13.2. The Morgan fingerprint density at radius 2 is 1.87 bits per heavy atom. The predicted molar refractivity (Wildman–Crippen MR) is 108 cm³/mol. The molecule has 1 aromatic heterocycles. The monoisotopic (exact) mass is 417 g/mol. The molecule has 3 aromatic rings. The number of hydrogen-bond donors (Lipinski definition) is 3. The minimum absolute atomic E-state index is 0.0130. The topological polar surface area (TPSA) is 88.0 Å². The number of hydrogen-bond acceptors (Lipinski definition) is 3. The molecule has 0 aliphatic carbocycles. The quantitative estimate of drug-likeness (QED) is 0.491. The minimum Gasteiger partial charge on any atom is -0.352 e. The number of amides is 1. The van der Waals surface area contributed by atoms with E-state index in [1.54, 1.807) is 6.92 Å². The van der Waals surface area contributed by atoms with E-state index >= 15 is 0 Å². The Bertz CT molecular complexity index is 1060. The molecule has 158 valence electrons. The van der Waals surface area contributed by atoms with Gasteiger partial charge in [0, 0.05) is 23.6 Å². The zero-order valence-electron chi connectivity index (χ0n) is 16.3. The fourth-order valence-electron chi connectivity index (χ4n) is 3.35. The summed E-state index contributed by atoms with van der Waals surface area (Å²) in [6.07, 6.45) is 0.779. The van der Waals surface area contributed by atoms with Gasteiger partial charge in [0.2, 0.25) is 5.91 Å². The van der Waals surface area contributed by atoms with Crippen molar-refractivity contribution in [2.75, 3.05) is 6.54 Å². The van der Waals surface area contributed by atoms with Crippen LogP contribution in [0.25, 0.3) is 22.2 Å². The zero-order valence-corrected chi connectivity index (χ0v) is 16.3. The lowest BCUT2D eigenvalue weighted by atomic mass is 10.00. The summed E-state index contributed by atoms with van der Waals surface area (Å²) in [4.78, 5) is 26.5. The third kappa shape index (κ3) is 4.54. The Labute approximate surface area is 171 Å². The van der Waals surface area contributed by atoms with Crippen LogP contribution in [0.2, 0.25) is 0 Å². The van der Waals surface area contributed by atoms with E-state index in [-0.39, 0.29) is 36.7 Å². The number of carbonyl (C=O) groups excluding carboxylic acids is 2. The van der Waals surface area contributed by atoms with E-state index < -0.39 is 23.5 Å². The number of aromatic nitrogens is 1.